The molecule has 1 aromatic rings. The van der Waals surface area contributed by atoms with E-state index < -0.39 is 95.5 Å². The summed E-state index contributed by atoms with van der Waals surface area (Å²) in [7, 11) is 0. The molecule has 11 rings (SSSR count). The highest BCUT2D eigenvalue weighted by Crippen LogP contribution is 2.61. The van der Waals surface area contributed by atoms with Crippen LogP contribution in [0.3, 0.4) is 0 Å². The second-order valence-corrected chi connectivity index (χ2v) is 39.8. The van der Waals surface area contributed by atoms with Gasteiger partial charge >= 0.3 is 95.8 Å². The summed E-state index contributed by atoms with van der Waals surface area (Å²) in [5.74, 6) is -17.2. The molecule has 1 saturated heterocycles. The van der Waals surface area contributed by atoms with Crippen molar-refractivity contribution in [2.24, 2.45) is 11.8 Å². The zero-order valence-corrected chi connectivity index (χ0v) is 87.6. The molecule has 0 amide bonds. The molecule has 0 N–H and O–H groups in total. The Morgan fingerprint density at radius 3 is 1.03 bits per heavy atom. The van der Waals surface area contributed by atoms with E-state index in [0.29, 0.717) is 64.7 Å². The van der Waals surface area contributed by atoms with E-state index in [2.05, 4.69) is 101 Å². The zero-order chi connectivity index (χ0) is 109. The molecule has 4 bridgehead atoms. The van der Waals surface area contributed by atoms with E-state index >= 15 is 0 Å². The largest absolute Gasteiger partial charge is 0.508 e. The standard InChI is InChI=1S/C16H19F3O4.C16H18F2O4.C14H24O2.C13H22O2.C11H16F2O4.C11H18O2.2C10H16O2.C8H10O5/c1-9(2)12(20)22-14-4-10-3-11(5-14)7-15(6-10,8-14)23-13(21)16(17,18)19;1-4-13(22-14(19)11(2)3)16(17,18)15(20)21-10-12-8-6-5-7-9-12;1-4-5-6-9-14(10-7-8-11-14)16-13(15)12(2)3;1-4-5-8-13(9-6-7-10-13)15-12(14)11(2)3;1-5-8(17-9(14)7(3)4)11(12,13)10(15)16-6-2;1-9(2)10(12)13-11(3)7-5-4-6-8-11;2*1-8(2)9(11)12-10(3)6-4-5-7-10;1-5(2)7(9)11-3-6-4-12-8(10)13-6/h10-11H,1,3-8H2,2H3;5-9,13H,2,4,10H2,1,3H3;2,4-11H2,1,3H3;2,4-10H2,1,3H3;8H,3,5-6H2,1-2,4H3;1,4-8H2,2-3H3;2*1,4-7H2,2-3H3;6H,1,3-4H2,2H3. The number of alkyl halides is 7. The smallest absolute Gasteiger partial charge is 0.461 e. The third kappa shape index (κ3) is 45.6. The van der Waals surface area contributed by atoms with Gasteiger partial charge in [-0.3, -0.25) is 0 Å². The van der Waals surface area contributed by atoms with Gasteiger partial charge in [0.1, 0.15) is 59.0 Å². The lowest BCUT2D eigenvalue weighted by Gasteiger charge is -2.60. The number of ether oxygens (including phenoxy) is 14. The van der Waals surface area contributed by atoms with Gasteiger partial charge in [0.25, 0.3) is 0 Å². The number of hydrogen-bond acceptors (Lipinski definition) is 27. The number of esters is 12. The van der Waals surface area contributed by atoms with Crippen molar-refractivity contribution >= 4 is 77.8 Å². The third-order valence-electron chi connectivity index (χ3n) is 25.2. The van der Waals surface area contributed by atoms with Crippen molar-refractivity contribution in [3.63, 3.8) is 0 Å². The third-order valence-corrected chi connectivity index (χ3v) is 25.2. The summed E-state index contributed by atoms with van der Waals surface area (Å²) in [6, 6.07) is 8.44. The summed E-state index contributed by atoms with van der Waals surface area (Å²) in [5, 5.41) is 0. The van der Waals surface area contributed by atoms with Crippen LogP contribution in [-0.4, -0.2) is 173 Å². The maximum Gasteiger partial charge on any atom is 0.508 e. The lowest BCUT2D eigenvalue weighted by atomic mass is 9.52. The van der Waals surface area contributed by atoms with Gasteiger partial charge in [-0.1, -0.05) is 143 Å². The molecule has 0 radical (unpaired) electrons. The quantitative estimate of drug-likeness (QED) is 0.0198. The zero-order valence-electron chi connectivity index (χ0n) is 87.6. The highest BCUT2D eigenvalue weighted by atomic mass is 19.4. The minimum atomic E-state index is -5.01. The van der Waals surface area contributed by atoms with Crippen molar-refractivity contribution < 1.29 is 159 Å². The van der Waals surface area contributed by atoms with E-state index in [1.54, 1.807) is 71.9 Å². The van der Waals surface area contributed by atoms with Gasteiger partial charge in [0.2, 0.25) is 0 Å². The number of rotatable bonds is 36. The predicted octanol–water partition coefficient (Wildman–Crippen LogP) is 24.6. The molecule has 10 fully saturated rings. The Morgan fingerprint density at radius 2 is 0.706 bits per heavy atom. The fourth-order valence-electron chi connectivity index (χ4n) is 17.6. The predicted molar refractivity (Wildman–Crippen MR) is 524 cm³/mol. The van der Waals surface area contributed by atoms with Crippen LogP contribution in [0.1, 0.15) is 354 Å². The Labute approximate surface area is 841 Å². The SMILES string of the molecule is C=C(C)C(=O)OC(CC)C(F)(F)C(=O)OCC.C=C(C)C(=O)OC(CC)C(F)(F)C(=O)OCc1ccccc1.C=C(C)C(=O)OC1(C)CCCC1.C=C(C)C(=O)OC1(C)CCCC1.C=C(C)C(=O)OC1(C)CCCCC1.C=C(C)C(=O)OC1(CCCC)CCCC1.C=C(C)C(=O)OC1(CCCCC)CCCC1.C=C(C)C(=O)OC12CC3CC(C1)CC(OC(=O)C(F)(F)F)(C3)C2.C=C(C)C(=O)OCC1COC(=O)O1. The Balaban J connectivity index is 0.000000549. The van der Waals surface area contributed by atoms with Gasteiger partial charge in [-0.05, 0) is 306 Å². The number of carbonyl (C=O) groups is 13. The average Bonchev–Trinajstić information content (AvgIpc) is 1.09. The topological polar surface area (TPSA) is 351 Å². The van der Waals surface area contributed by atoms with Crippen molar-refractivity contribution in [3.05, 3.63) is 145 Å². The van der Waals surface area contributed by atoms with E-state index in [9.17, 15) is 93.1 Å². The van der Waals surface area contributed by atoms with Crippen LogP contribution in [-0.2, 0) is 130 Å². The Bertz CT molecular complexity index is 4450. The molecule has 1 heterocycles. The van der Waals surface area contributed by atoms with Crippen LogP contribution in [0.25, 0.3) is 0 Å². The van der Waals surface area contributed by atoms with Gasteiger partial charge in [-0.25, -0.2) is 62.3 Å². The highest BCUT2D eigenvalue weighted by Gasteiger charge is 2.63. The molecule has 9 saturated carbocycles. The van der Waals surface area contributed by atoms with E-state index in [1.165, 1.54) is 131 Å². The summed E-state index contributed by atoms with van der Waals surface area (Å²) in [4.78, 5) is 146. The number of benzene rings is 1. The minimum Gasteiger partial charge on any atom is -0.461 e. The Morgan fingerprint density at radius 1 is 0.385 bits per heavy atom. The van der Waals surface area contributed by atoms with Gasteiger partial charge in [-0.15, -0.1) is 0 Å². The Kier molecular flexibility index (Phi) is 54.1. The second-order valence-electron chi connectivity index (χ2n) is 39.8. The van der Waals surface area contributed by atoms with Crippen molar-refractivity contribution in [3.8, 4) is 0 Å². The summed E-state index contributed by atoms with van der Waals surface area (Å²) in [5.41, 5.74) is 0.647. The number of unbranched alkanes of at least 4 members (excludes halogenated alkanes) is 3. The van der Waals surface area contributed by atoms with Crippen LogP contribution in [0.2, 0.25) is 0 Å². The molecule has 1 aliphatic heterocycles. The van der Waals surface area contributed by atoms with Crippen molar-refractivity contribution in [1.29, 1.82) is 0 Å². The van der Waals surface area contributed by atoms with Gasteiger partial charge in [0.05, 0.1) is 6.61 Å². The first-order chi connectivity index (χ1) is 66.5. The molecule has 27 nitrogen and oxygen atoms in total. The lowest BCUT2D eigenvalue weighted by molar-refractivity contribution is -0.251. The lowest BCUT2D eigenvalue weighted by Crippen LogP contribution is -2.62. The summed E-state index contributed by atoms with van der Waals surface area (Å²) < 4.78 is 162. The molecule has 10 aliphatic rings. The molecular formula is C109H159F7O27. The average molecular weight is 2030 g/mol. The fraction of sp³-hybridized carbons (Fsp3) is 0.661. The van der Waals surface area contributed by atoms with Gasteiger partial charge in [0.15, 0.2) is 18.3 Å². The summed E-state index contributed by atoms with van der Waals surface area (Å²) in [6.45, 7) is 60.0. The number of cyclic esters (lactones) is 2. The number of carbonyl (C=O) groups excluding carboxylic acids is 13. The molecule has 143 heavy (non-hydrogen) atoms. The van der Waals surface area contributed by atoms with Crippen molar-refractivity contribution in [1.82, 2.24) is 0 Å². The maximum absolute atomic E-state index is 14.0. The normalized spacial score (nSPS) is 20.8. The molecule has 1 aromatic carbocycles. The van der Waals surface area contributed by atoms with Crippen LogP contribution in [0.4, 0.5) is 35.5 Å². The van der Waals surface area contributed by atoms with E-state index in [1.807, 2.05) is 20.8 Å². The molecule has 34 heteroatoms. The Hall–Kier alpha value is -10.7. The first-order valence-corrected chi connectivity index (χ1v) is 49.6. The van der Waals surface area contributed by atoms with E-state index in [0.717, 1.165) is 96.3 Å². The van der Waals surface area contributed by atoms with Crippen LogP contribution in [0.5, 0.6) is 0 Å². The first kappa shape index (κ1) is 128. The highest BCUT2D eigenvalue weighted by molar-refractivity contribution is 5.91. The van der Waals surface area contributed by atoms with Gasteiger partial charge in [-0.2, -0.15) is 30.7 Å². The van der Waals surface area contributed by atoms with Crippen LogP contribution in [0, 0.1) is 11.8 Å². The van der Waals surface area contributed by atoms with E-state index in [-0.39, 0.29) is 132 Å². The van der Waals surface area contributed by atoms with Gasteiger partial charge in [0, 0.05) is 56.6 Å². The molecule has 0 aromatic heterocycles. The van der Waals surface area contributed by atoms with Crippen molar-refractivity contribution in [2.45, 2.75) is 431 Å². The summed E-state index contributed by atoms with van der Waals surface area (Å²) in [6.07, 6.45) is 23.8. The minimum absolute atomic E-state index is 0.0110. The second kappa shape index (κ2) is 60.3. The number of halogens is 7. The number of hydrogen-bond donors (Lipinski definition) is 0. The first-order valence-electron chi connectivity index (χ1n) is 49.6. The fourth-order valence-corrected chi connectivity index (χ4v) is 17.6. The van der Waals surface area contributed by atoms with Crippen LogP contribution in [0.15, 0.2) is 140 Å². The van der Waals surface area contributed by atoms with Crippen LogP contribution < -0.4 is 0 Å². The molecule has 5 unspecified atom stereocenters. The molecule has 0 spiro atoms. The monoisotopic (exact) mass is 2030 g/mol. The molecule has 5 atom stereocenters. The maximum atomic E-state index is 14.0. The molecule has 806 valence electrons. The van der Waals surface area contributed by atoms with Crippen LogP contribution >= 0.6 is 0 Å². The van der Waals surface area contributed by atoms with E-state index in [4.69, 9.17) is 37.9 Å². The van der Waals surface area contributed by atoms with Crippen molar-refractivity contribution in [2.75, 3.05) is 19.8 Å². The molecule has 9 aliphatic carbocycles. The van der Waals surface area contributed by atoms with Gasteiger partial charge < -0.3 is 66.3 Å². The molecular weight excluding hydrogens is 1870 g/mol. The summed E-state index contributed by atoms with van der Waals surface area (Å²) >= 11 is 0.